The Labute approximate surface area is 460 Å². The zero-order chi connectivity index (χ0) is 55.5. The number of hydrogen-bond donors (Lipinski definition) is 6. The molecule has 2 aromatic heterocycles. The number of nitro benzene ring substituents is 2. The number of aromatic nitrogens is 2. The van der Waals surface area contributed by atoms with Crippen molar-refractivity contribution in [2.45, 2.75) is 0 Å². The van der Waals surface area contributed by atoms with E-state index in [-0.39, 0.29) is 45.3 Å². The molecule has 0 unspecified atom stereocenters. The van der Waals surface area contributed by atoms with E-state index in [9.17, 15) is 40.0 Å². The Morgan fingerprint density at radius 2 is 0.925 bits per heavy atom. The molecule has 2 heterocycles. The van der Waals surface area contributed by atoms with Crippen LogP contribution in [0.1, 0.15) is 20.7 Å². The number of H-pyrrole nitrogens is 2. The van der Waals surface area contributed by atoms with Gasteiger partial charge in [-0.25, -0.2) is 0 Å². The molecule has 10 aromatic carbocycles. The third-order valence-electron chi connectivity index (χ3n) is 13.7. The number of rotatable bonds is 12. The molecular formula is C59H37Cl2N11O8. The fourth-order valence-electron chi connectivity index (χ4n) is 9.79. The summed E-state index contributed by atoms with van der Waals surface area (Å²) in [4.78, 5) is 58.1. The number of non-ortho nitro benzene ring substituents is 2. The third-order valence-corrected chi connectivity index (χ3v) is 14.2. The molecule has 0 aliphatic rings. The average molecular weight is 1100 g/mol. The quantitative estimate of drug-likeness (QED) is 0.0385. The highest BCUT2D eigenvalue weighted by Crippen LogP contribution is 2.47. The molecule has 0 spiro atoms. The Bertz CT molecular complexity index is 4380. The molecule has 390 valence electrons. The predicted octanol–water partition coefficient (Wildman–Crippen LogP) is 16.9. The Balaban J connectivity index is 0.840. The number of nitro groups is 2. The molecule has 0 aliphatic heterocycles. The Morgan fingerprint density at radius 1 is 0.512 bits per heavy atom. The minimum atomic E-state index is -0.727. The first-order valence-corrected chi connectivity index (χ1v) is 25.1. The maximum atomic E-state index is 13.8. The first-order valence-electron chi connectivity index (χ1n) is 24.3. The van der Waals surface area contributed by atoms with Crippen LogP contribution in [-0.2, 0) is 0 Å². The van der Waals surface area contributed by atoms with Crippen LogP contribution in [0, 0.1) is 20.2 Å². The molecule has 0 saturated heterocycles. The standard InChI is InChI=1S/C59H37Cl2N11O8/c1-70(38-16-12-34(13-17-38)66-68-54-50-30(8-20-42-44-26-32(60)10-22-48(44)64-52(42)50)24-46(56(54)73)58(75)62-36-4-2-6-40(28-36)71(77)78)39-18-14-35(15-19-39)67-69-55-51-31(9-21-43-45-27-33(61)11-23-49(45)65-53(43)51)25-47(57(55)74)59(76)63-37-5-3-7-41(29-37)72(79)80/h2-29,64-65,73-74H,1H3,(H,62,75)(H,63,76). The lowest BCUT2D eigenvalue weighted by Crippen LogP contribution is -2.12. The first-order chi connectivity index (χ1) is 38.6. The number of fused-ring (bicyclic) bond motifs is 10. The third kappa shape index (κ3) is 9.18. The number of carbonyl (C=O) groups is 2. The molecule has 0 fully saturated rings. The number of nitrogens with one attached hydrogen (secondary N) is 4. The fraction of sp³-hybridized carbons (Fsp3) is 0.0169. The summed E-state index contributed by atoms with van der Waals surface area (Å²) in [6.45, 7) is 0. The van der Waals surface area contributed by atoms with Gasteiger partial charge in [-0.2, -0.15) is 10.2 Å². The predicted molar refractivity (Wildman–Crippen MR) is 311 cm³/mol. The number of hydrogen-bond acceptors (Lipinski definition) is 13. The van der Waals surface area contributed by atoms with Gasteiger partial charge < -0.3 is 35.7 Å². The van der Waals surface area contributed by atoms with Gasteiger partial charge in [0.15, 0.2) is 11.5 Å². The van der Waals surface area contributed by atoms with Gasteiger partial charge in [0.25, 0.3) is 23.2 Å². The molecule has 0 bridgehead atoms. The highest BCUT2D eigenvalue weighted by molar-refractivity contribution is 6.33. The van der Waals surface area contributed by atoms with Crippen molar-refractivity contribution in [2.75, 3.05) is 22.6 Å². The number of aromatic hydroxyl groups is 2. The van der Waals surface area contributed by atoms with Crippen LogP contribution in [-0.4, -0.2) is 48.9 Å². The first kappa shape index (κ1) is 50.1. The Kier molecular flexibility index (Phi) is 12.5. The minimum absolute atomic E-state index is 0.00427. The number of azo groups is 2. The van der Waals surface area contributed by atoms with Gasteiger partial charge in [-0.05, 0) is 120 Å². The molecule has 12 rings (SSSR count). The average Bonchev–Trinajstić information content (AvgIpc) is 4.23. The van der Waals surface area contributed by atoms with Crippen molar-refractivity contribution in [3.05, 3.63) is 211 Å². The molecule has 12 aromatic rings. The zero-order valence-electron chi connectivity index (χ0n) is 41.4. The molecule has 0 atom stereocenters. The summed E-state index contributed by atoms with van der Waals surface area (Å²) in [6.07, 6.45) is 0. The Hall–Kier alpha value is -10.8. The smallest absolute Gasteiger partial charge is 0.271 e. The molecule has 2 amide bonds. The van der Waals surface area contributed by atoms with Crippen LogP contribution in [0.4, 0.5) is 56.9 Å². The fourth-order valence-corrected chi connectivity index (χ4v) is 10.1. The summed E-state index contributed by atoms with van der Waals surface area (Å²) in [5, 5.41) is 76.6. The van der Waals surface area contributed by atoms with E-state index in [0.29, 0.717) is 54.0 Å². The van der Waals surface area contributed by atoms with E-state index in [1.807, 2.05) is 72.6 Å². The van der Waals surface area contributed by atoms with Gasteiger partial charge in [0.2, 0.25) is 0 Å². The number of halogens is 2. The summed E-state index contributed by atoms with van der Waals surface area (Å²) in [7, 11) is 1.87. The number of aromatic amines is 2. The van der Waals surface area contributed by atoms with Crippen LogP contribution >= 0.6 is 23.2 Å². The van der Waals surface area contributed by atoms with Crippen LogP contribution in [0.5, 0.6) is 11.5 Å². The second-order valence-corrected chi connectivity index (χ2v) is 19.4. The summed E-state index contributed by atoms with van der Waals surface area (Å²) in [5.41, 5.74) is 4.79. The van der Waals surface area contributed by atoms with Gasteiger partial charge in [0.1, 0.15) is 11.4 Å². The maximum absolute atomic E-state index is 13.8. The summed E-state index contributed by atoms with van der Waals surface area (Å²) in [5.74, 6) is -2.39. The lowest BCUT2D eigenvalue weighted by atomic mass is 10.00. The number of anilines is 4. The highest BCUT2D eigenvalue weighted by Gasteiger charge is 2.25. The number of phenolic OH excluding ortho intramolecular Hbond substituents is 2. The van der Waals surface area contributed by atoms with E-state index in [2.05, 4.69) is 41.1 Å². The van der Waals surface area contributed by atoms with Crippen molar-refractivity contribution in [3.8, 4) is 11.5 Å². The topological polar surface area (TPSA) is 269 Å². The summed E-state index contributed by atoms with van der Waals surface area (Å²) < 4.78 is 0. The van der Waals surface area contributed by atoms with Crippen molar-refractivity contribution in [2.24, 2.45) is 20.5 Å². The molecule has 0 aliphatic carbocycles. The van der Waals surface area contributed by atoms with Gasteiger partial charge in [-0.1, -0.05) is 59.6 Å². The van der Waals surface area contributed by atoms with Crippen molar-refractivity contribution in [3.63, 3.8) is 0 Å². The Morgan fingerprint density at radius 3 is 1.32 bits per heavy atom. The van der Waals surface area contributed by atoms with Gasteiger partial charge in [0.05, 0.1) is 43.4 Å². The number of benzene rings is 10. The second-order valence-electron chi connectivity index (χ2n) is 18.6. The van der Waals surface area contributed by atoms with Gasteiger partial charge in [0, 0.05) is 107 Å². The van der Waals surface area contributed by atoms with Gasteiger partial charge in [-0.3, -0.25) is 29.8 Å². The van der Waals surface area contributed by atoms with Crippen LogP contribution in [0.3, 0.4) is 0 Å². The van der Waals surface area contributed by atoms with Crippen molar-refractivity contribution < 1.29 is 29.6 Å². The monoisotopic (exact) mass is 1100 g/mol. The minimum Gasteiger partial charge on any atom is -0.505 e. The summed E-state index contributed by atoms with van der Waals surface area (Å²) >= 11 is 12.8. The van der Waals surface area contributed by atoms with Crippen LogP contribution in [0.25, 0.3) is 65.2 Å². The molecule has 80 heavy (non-hydrogen) atoms. The van der Waals surface area contributed by atoms with Crippen molar-refractivity contribution >= 4 is 157 Å². The van der Waals surface area contributed by atoms with E-state index >= 15 is 0 Å². The van der Waals surface area contributed by atoms with E-state index < -0.39 is 33.2 Å². The number of nitrogens with zero attached hydrogens (tertiary/aromatic N) is 7. The van der Waals surface area contributed by atoms with E-state index in [1.165, 1.54) is 60.7 Å². The lowest BCUT2D eigenvalue weighted by Gasteiger charge is -2.19. The molecule has 21 heteroatoms. The van der Waals surface area contributed by atoms with Crippen LogP contribution in [0.15, 0.2) is 190 Å². The van der Waals surface area contributed by atoms with Crippen molar-refractivity contribution in [1.82, 2.24) is 9.97 Å². The second kappa shape index (κ2) is 20.0. The van der Waals surface area contributed by atoms with Gasteiger partial charge >= 0.3 is 0 Å². The normalized spacial score (nSPS) is 11.7. The highest BCUT2D eigenvalue weighted by atomic mass is 35.5. The lowest BCUT2D eigenvalue weighted by molar-refractivity contribution is -0.385. The molecule has 0 radical (unpaired) electrons. The molecular weight excluding hydrogens is 1060 g/mol. The zero-order valence-corrected chi connectivity index (χ0v) is 42.9. The SMILES string of the molecule is CN(c1ccc(N=Nc2c(O)c(C(=O)Nc3cccc([N+](=O)[O-])c3)cc3ccc4c5cc(Cl)ccc5[nH]c4c23)cc1)c1ccc(N=Nc2c(O)c(C(=O)Nc3cccc([N+](=O)[O-])c3)cc3ccc4c5cc(Cl)ccc5[nH]c4c23)cc1. The van der Waals surface area contributed by atoms with Crippen LogP contribution in [0.2, 0.25) is 10.0 Å². The van der Waals surface area contributed by atoms with Crippen LogP contribution < -0.4 is 15.5 Å². The largest absolute Gasteiger partial charge is 0.505 e. The van der Waals surface area contributed by atoms with E-state index in [1.54, 1.807) is 48.5 Å². The number of phenols is 2. The number of amides is 2. The van der Waals surface area contributed by atoms with E-state index in [0.717, 1.165) is 44.0 Å². The maximum Gasteiger partial charge on any atom is 0.271 e. The van der Waals surface area contributed by atoms with Crippen molar-refractivity contribution in [1.29, 1.82) is 0 Å². The summed E-state index contributed by atoms with van der Waals surface area (Å²) in [6, 6.07) is 46.5. The number of carbonyl (C=O) groups excluding carboxylic acids is 2. The van der Waals surface area contributed by atoms with Gasteiger partial charge in [-0.15, -0.1) is 10.2 Å². The molecule has 0 saturated carbocycles. The molecule has 6 N–H and O–H groups in total. The van der Waals surface area contributed by atoms with E-state index in [4.69, 9.17) is 23.2 Å². The molecule has 19 nitrogen and oxygen atoms in total.